The van der Waals surface area contributed by atoms with Gasteiger partial charge in [-0.05, 0) is 19.4 Å². The van der Waals surface area contributed by atoms with E-state index in [1.54, 1.807) is 0 Å². The number of carbonyl (C=O) groups is 1. The largest absolute Gasteiger partial charge is 0.339 e. The van der Waals surface area contributed by atoms with Crippen molar-refractivity contribution < 1.29 is 4.79 Å². The Labute approximate surface area is 128 Å². The molecule has 21 heavy (non-hydrogen) atoms. The Morgan fingerprint density at radius 3 is 2.00 bits per heavy atom. The quantitative estimate of drug-likeness (QED) is 0.378. The maximum absolute atomic E-state index is 12.4. The Bertz CT molecular complexity index is 264. The molecule has 0 aromatic carbocycles. The van der Waals surface area contributed by atoms with Crippen LogP contribution in [-0.2, 0) is 4.79 Å². The summed E-state index contributed by atoms with van der Waals surface area (Å²) in [5, 5.41) is 10.0. The van der Waals surface area contributed by atoms with Gasteiger partial charge in [0.15, 0.2) is 0 Å². The van der Waals surface area contributed by atoms with E-state index in [9.17, 15) is 4.79 Å². The number of rotatable bonds is 5. The Morgan fingerprint density at radius 2 is 1.48 bits per heavy atom. The molecule has 1 atom stereocenters. The number of hydrogen-bond acceptors (Lipinski definition) is 6. The highest BCUT2D eigenvalue weighted by Crippen LogP contribution is 2.02. The molecule has 1 aliphatic rings. The van der Waals surface area contributed by atoms with Crippen molar-refractivity contribution in [3.63, 3.8) is 0 Å². The van der Waals surface area contributed by atoms with E-state index in [2.05, 4.69) is 16.0 Å². The summed E-state index contributed by atoms with van der Waals surface area (Å²) in [7, 11) is 0. The van der Waals surface area contributed by atoms with Gasteiger partial charge in [-0.15, -0.1) is 0 Å². The fourth-order valence-corrected chi connectivity index (χ4v) is 2.36. The van der Waals surface area contributed by atoms with Crippen LogP contribution in [0.25, 0.3) is 0 Å². The number of nitrogens with two attached hydrogens (primary N) is 2. The maximum atomic E-state index is 12.4. The number of unbranched alkanes of at least 4 members (excludes halogenated alkanes) is 1. The van der Waals surface area contributed by atoms with E-state index in [1.807, 2.05) is 4.90 Å². The van der Waals surface area contributed by atoms with Gasteiger partial charge in [0.05, 0.1) is 6.04 Å². The zero-order valence-electron chi connectivity index (χ0n) is 13.1. The van der Waals surface area contributed by atoms with Crippen LogP contribution in [0.4, 0.5) is 0 Å². The van der Waals surface area contributed by atoms with E-state index in [4.69, 9.17) is 11.5 Å². The third kappa shape index (κ3) is 8.33. The van der Waals surface area contributed by atoms with E-state index >= 15 is 0 Å². The van der Waals surface area contributed by atoms with Crippen molar-refractivity contribution in [3.8, 4) is 0 Å². The third-order valence-corrected chi connectivity index (χ3v) is 3.67. The molecule has 1 saturated heterocycles. The molecule has 7 N–H and O–H groups in total. The van der Waals surface area contributed by atoms with E-state index < -0.39 is 6.04 Å². The highest BCUT2D eigenvalue weighted by Gasteiger charge is 2.20. The fourth-order valence-electron chi connectivity index (χ4n) is 2.36. The van der Waals surface area contributed by atoms with Gasteiger partial charge in [0, 0.05) is 52.4 Å². The lowest BCUT2D eigenvalue weighted by atomic mass is 10.1. The summed E-state index contributed by atoms with van der Waals surface area (Å²) in [5.41, 5.74) is 11.5. The van der Waals surface area contributed by atoms with Crippen LogP contribution in [0, 0.1) is 0 Å². The Balaban J connectivity index is 2.39. The molecule has 1 aliphatic heterocycles. The average molecular weight is 300 g/mol. The van der Waals surface area contributed by atoms with Crippen molar-refractivity contribution in [1.29, 1.82) is 0 Å². The summed E-state index contributed by atoms with van der Waals surface area (Å²) in [4.78, 5) is 14.3. The van der Waals surface area contributed by atoms with Gasteiger partial charge < -0.3 is 32.3 Å². The van der Waals surface area contributed by atoms with Crippen LogP contribution in [0.3, 0.4) is 0 Å². The van der Waals surface area contributed by atoms with Crippen molar-refractivity contribution in [2.24, 2.45) is 11.5 Å². The second-order valence-electron chi connectivity index (χ2n) is 5.47. The van der Waals surface area contributed by atoms with Gasteiger partial charge in [0.25, 0.3) is 0 Å². The highest BCUT2D eigenvalue weighted by molar-refractivity contribution is 5.81. The normalized spacial score (nSPS) is 20.4. The monoisotopic (exact) mass is 300 g/mol. The fraction of sp³-hybridized carbons (Fsp3) is 0.929. The summed E-state index contributed by atoms with van der Waals surface area (Å²) in [5.74, 6) is 0.0609. The van der Waals surface area contributed by atoms with Crippen molar-refractivity contribution >= 4 is 5.91 Å². The number of amides is 1. The minimum Gasteiger partial charge on any atom is -0.339 e. The first-order chi connectivity index (χ1) is 10.3. The lowest BCUT2D eigenvalue weighted by Gasteiger charge is -2.26. The van der Waals surface area contributed by atoms with Crippen LogP contribution in [0.15, 0.2) is 0 Å². The van der Waals surface area contributed by atoms with Gasteiger partial charge in [0.2, 0.25) is 5.91 Å². The van der Waals surface area contributed by atoms with E-state index in [0.29, 0.717) is 19.6 Å². The van der Waals surface area contributed by atoms with Crippen molar-refractivity contribution in [1.82, 2.24) is 20.9 Å². The number of nitrogens with one attached hydrogen (secondary N) is 3. The molecule has 0 unspecified atom stereocenters. The van der Waals surface area contributed by atoms with Gasteiger partial charge in [-0.2, -0.15) is 0 Å². The SMILES string of the molecule is NCCCC[C@H](N)C(=O)N1CCNCCNCCNCC1. The topological polar surface area (TPSA) is 108 Å². The summed E-state index contributed by atoms with van der Waals surface area (Å²) in [6, 6.07) is -0.397. The van der Waals surface area contributed by atoms with Gasteiger partial charge in [-0.1, -0.05) is 6.42 Å². The molecular formula is C14H32N6O. The molecule has 0 aliphatic carbocycles. The van der Waals surface area contributed by atoms with Gasteiger partial charge in [-0.25, -0.2) is 0 Å². The minimum atomic E-state index is -0.397. The molecule has 1 fully saturated rings. The van der Waals surface area contributed by atoms with E-state index in [1.165, 1.54) is 0 Å². The standard InChI is InChI=1S/C14H32N6O/c15-4-2-1-3-13(16)14(21)20-11-9-18-7-5-17-6-8-19-10-12-20/h13,17-19H,1-12,15-16H2/t13-/m0/s1. The zero-order valence-corrected chi connectivity index (χ0v) is 13.1. The molecule has 124 valence electrons. The summed E-state index contributed by atoms with van der Waals surface area (Å²) < 4.78 is 0. The Hall–Kier alpha value is -0.730. The molecule has 7 nitrogen and oxygen atoms in total. The second kappa shape index (κ2) is 11.9. The summed E-state index contributed by atoms with van der Waals surface area (Å²) in [6.07, 6.45) is 2.56. The number of hydrogen-bond donors (Lipinski definition) is 5. The zero-order chi connectivity index (χ0) is 15.3. The molecule has 7 heteroatoms. The molecule has 0 aromatic heterocycles. The maximum Gasteiger partial charge on any atom is 0.239 e. The first-order valence-electron chi connectivity index (χ1n) is 8.12. The number of nitrogens with zero attached hydrogens (tertiary/aromatic N) is 1. The lowest BCUT2D eigenvalue weighted by molar-refractivity contribution is -0.132. The summed E-state index contributed by atoms with van der Waals surface area (Å²) >= 11 is 0. The van der Waals surface area contributed by atoms with Crippen LogP contribution in [0.2, 0.25) is 0 Å². The Kier molecular flexibility index (Phi) is 10.4. The first-order valence-corrected chi connectivity index (χ1v) is 8.12. The van der Waals surface area contributed by atoms with Crippen LogP contribution in [-0.4, -0.2) is 75.8 Å². The smallest absolute Gasteiger partial charge is 0.239 e. The van der Waals surface area contributed by atoms with E-state index in [0.717, 1.165) is 58.5 Å². The first kappa shape index (κ1) is 18.3. The highest BCUT2D eigenvalue weighted by atomic mass is 16.2. The van der Waals surface area contributed by atoms with Crippen molar-refractivity contribution in [2.75, 3.05) is 58.9 Å². The van der Waals surface area contributed by atoms with Gasteiger partial charge >= 0.3 is 0 Å². The Morgan fingerprint density at radius 1 is 0.952 bits per heavy atom. The molecular weight excluding hydrogens is 268 g/mol. The van der Waals surface area contributed by atoms with Gasteiger partial charge in [-0.3, -0.25) is 4.79 Å². The molecule has 0 saturated carbocycles. The molecule has 1 rings (SSSR count). The van der Waals surface area contributed by atoms with Crippen LogP contribution in [0.5, 0.6) is 0 Å². The molecule has 1 amide bonds. The van der Waals surface area contributed by atoms with E-state index in [-0.39, 0.29) is 5.91 Å². The number of carbonyl (C=O) groups excluding carboxylic acids is 1. The molecule has 0 radical (unpaired) electrons. The van der Waals surface area contributed by atoms with Crippen LogP contribution < -0.4 is 27.4 Å². The molecule has 0 aromatic rings. The molecule has 0 spiro atoms. The predicted octanol–water partition coefficient (Wildman–Crippen LogP) is -1.95. The summed E-state index contributed by atoms with van der Waals surface area (Å²) in [6.45, 7) is 7.45. The van der Waals surface area contributed by atoms with Gasteiger partial charge in [0.1, 0.15) is 0 Å². The van der Waals surface area contributed by atoms with Crippen molar-refractivity contribution in [3.05, 3.63) is 0 Å². The average Bonchev–Trinajstić information content (AvgIpc) is 2.47. The van der Waals surface area contributed by atoms with Crippen molar-refractivity contribution in [2.45, 2.75) is 25.3 Å². The molecule has 1 heterocycles. The minimum absolute atomic E-state index is 0.0609. The third-order valence-electron chi connectivity index (χ3n) is 3.67. The van der Waals surface area contributed by atoms with Crippen LogP contribution in [0.1, 0.15) is 19.3 Å². The van der Waals surface area contributed by atoms with Crippen LogP contribution >= 0.6 is 0 Å². The predicted molar refractivity (Wildman–Crippen MR) is 86.1 cm³/mol. The lowest BCUT2D eigenvalue weighted by Crippen LogP contribution is -2.49. The second-order valence-corrected chi connectivity index (χ2v) is 5.47. The molecule has 0 bridgehead atoms.